The summed E-state index contributed by atoms with van der Waals surface area (Å²) in [6, 6.07) is 11.3. The summed E-state index contributed by atoms with van der Waals surface area (Å²) in [6.45, 7) is 7.94. The number of aromatic nitrogens is 2. The van der Waals surface area contributed by atoms with Gasteiger partial charge in [0, 0.05) is 44.3 Å². The Hall–Kier alpha value is -2.82. The molecule has 0 unspecified atom stereocenters. The molecule has 1 aromatic carbocycles. The number of nitrogens with one attached hydrogen (secondary N) is 1. The first kappa shape index (κ1) is 30.6. The van der Waals surface area contributed by atoms with E-state index >= 15 is 0 Å². The molecule has 2 aliphatic heterocycles. The van der Waals surface area contributed by atoms with Gasteiger partial charge in [0.15, 0.2) is 0 Å². The minimum absolute atomic E-state index is 0.0657. The Morgan fingerprint density at radius 1 is 1.05 bits per heavy atom. The van der Waals surface area contributed by atoms with Gasteiger partial charge in [0.25, 0.3) is 5.91 Å². The number of anilines is 1. The van der Waals surface area contributed by atoms with E-state index in [1.807, 2.05) is 4.90 Å². The number of amides is 1. The van der Waals surface area contributed by atoms with Crippen LogP contribution >= 0.6 is 0 Å². The van der Waals surface area contributed by atoms with Gasteiger partial charge in [-0.25, -0.2) is 22.7 Å². The lowest BCUT2D eigenvalue weighted by molar-refractivity contribution is 0.0543. The first-order chi connectivity index (χ1) is 20.2. The molecular formula is C32H46N6O3S. The van der Waals surface area contributed by atoms with Crippen LogP contribution in [0.1, 0.15) is 78.9 Å². The van der Waals surface area contributed by atoms with Crippen molar-refractivity contribution in [2.24, 2.45) is 5.92 Å². The monoisotopic (exact) mass is 594 g/mol. The highest BCUT2D eigenvalue weighted by Crippen LogP contribution is 2.36. The molecule has 3 aliphatic rings. The lowest BCUT2D eigenvalue weighted by atomic mass is 9.78. The van der Waals surface area contributed by atoms with Gasteiger partial charge < -0.3 is 15.1 Å². The summed E-state index contributed by atoms with van der Waals surface area (Å²) in [6.07, 6.45) is 12.8. The second-order valence-corrected chi connectivity index (χ2v) is 14.3. The lowest BCUT2D eigenvalue weighted by Gasteiger charge is -2.43. The highest BCUT2D eigenvalue weighted by atomic mass is 32.2. The number of piperidine rings is 2. The van der Waals surface area contributed by atoms with Crippen molar-refractivity contribution in [2.75, 3.05) is 51.3 Å². The number of hydrogen-bond acceptors (Lipinski definition) is 7. The zero-order valence-electron chi connectivity index (χ0n) is 25.1. The Morgan fingerprint density at radius 3 is 2.43 bits per heavy atom. The van der Waals surface area contributed by atoms with Gasteiger partial charge in [0.2, 0.25) is 10.0 Å². The van der Waals surface area contributed by atoms with E-state index in [9.17, 15) is 13.2 Å². The van der Waals surface area contributed by atoms with Gasteiger partial charge in [-0.2, -0.15) is 0 Å². The van der Waals surface area contributed by atoms with Crippen molar-refractivity contribution < 1.29 is 13.2 Å². The first-order valence-corrected chi connectivity index (χ1v) is 17.3. The number of rotatable bonds is 9. The average molecular weight is 595 g/mol. The fourth-order valence-electron chi connectivity index (χ4n) is 7.11. The van der Waals surface area contributed by atoms with Crippen LogP contribution in [-0.4, -0.2) is 96.5 Å². The molecule has 2 aromatic rings. The van der Waals surface area contributed by atoms with Crippen molar-refractivity contribution in [1.82, 2.24) is 24.1 Å². The maximum Gasteiger partial charge on any atom is 0.273 e. The number of sulfonamides is 1. The summed E-state index contributed by atoms with van der Waals surface area (Å²) in [4.78, 5) is 26.9. The van der Waals surface area contributed by atoms with Crippen LogP contribution in [-0.2, 0) is 10.0 Å². The molecule has 228 valence electrons. The number of carbonyl (C=O) groups is 1. The Bertz CT molecular complexity index is 1320. The molecular weight excluding hydrogens is 548 g/mol. The smallest absolute Gasteiger partial charge is 0.273 e. The summed E-state index contributed by atoms with van der Waals surface area (Å²) in [7, 11) is -1.49. The van der Waals surface area contributed by atoms with Gasteiger partial charge >= 0.3 is 0 Å². The largest absolute Gasteiger partial charge is 0.369 e. The highest BCUT2D eigenvalue weighted by molar-refractivity contribution is 7.88. The van der Waals surface area contributed by atoms with Gasteiger partial charge in [-0.3, -0.25) is 4.79 Å². The third-order valence-corrected chi connectivity index (χ3v) is 11.1. The summed E-state index contributed by atoms with van der Waals surface area (Å²) in [5.74, 6) is 1.76. The Kier molecular flexibility index (Phi) is 9.96. The van der Waals surface area contributed by atoms with Crippen LogP contribution in [0.5, 0.6) is 0 Å². The molecule has 1 N–H and O–H groups in total. The van der Waals surface area contributed by atoms with Gasteiger partial charge in [-0.05, 0) is 75.4 Å². The van der Waals surface area contributed by atoms with Crippen LogP contribution in [0.4, 0.5) is 5.82 Å². The van der Waals surface area contributed by atoms with E-state index in [4.69, 9.17) is 0 Å². The molecule has 5 rings (SSSR count). The van der Waals surface area contributed by atoms with Crippen LogP contribution in [0, 0.1) is 5.92 Å². The van der Waals surface area contributed by atoms with Gasteiger partial charge in [-0.1, -0.05) is 49.4 Å². The van der Waals surface area contributed by atoms with Crippen molar-refractivity contribution in [2.45, 2.75) is 69.4 Å². The van der Waals surface area contributed by atoms with E-state index in [0.717, 1.165) is 51.7 Å². The summed E-state index contributed by atoms with van der Waals surface area (Å²) in [5, 5.41) is 3.53. The highest BCUT2D eigenvalue weighted by Gasteiger charge is 2.33. The molecule has 2 atom stereocenters. The molecule has 0 bridgehead atoms. The molecule has 3 heterocycles. The molecule has 2 saturated heterocycles. The predicted molar refractivity (Wildman–Crippen MR) is 168 cm³/mol. The molecule has 0 radical (unpaired) electrons. The number of nitrogens with zero attached hydrogens (tertiary/aromatic N) is 5. The van der Waals surface area contributed by atoms with E-state index in [1.165, 1.54) is 41.7 Å². The number of hydrogen-bond donors (Lipinski definition) is 1. The lowest BCUT2D eigenvalue weighted by Crippen LogP contribution is -2.52. The summed E-state index contributed by atoms with van der Waals surface area (Å²) >= 11 is 0. The van der Waals surface area contributed by atoms with Gasteiger partial charge in [0.1, 0.15) is 17.8 Å². The Balaban J connectivity index is 1.14. The second-order valence-electron chi connectivity index (χ2n) is 12.3. The maximum atomic E-state index is 13.6. The maximum absolute atomic E-state index is 13.6. The first-order valence-electron chi connectivity index (χ1n) is 15.5. The van der Waals surface area contributed by atoms with Crippen LogP contribution < -0.4 is 5.32 Å². The van der Waals surface area contributed by atoms with Crippen molar-refractivity contribution in [1.29, 1.82) is 0 Å². The number of likely N-dealkylation sites (tertiary alicyclic amines) is 2. The normalized spacial score (nSPS) is 23.2. The zero-order chi connectivity index (χ0) is 29.7. The summed E-state index contributed by atoms with van der Waals surface area (Å²) < 4.78 is 25.4. The van der Waals surface area contributed by atoms with Crippen molar-refractivity contribution in [3.63, 3.8) is 0 Å². The van der Waals surface area contributed by atoms with Crippen molar-refractivity contribution in [3.05, 3.63) is 60.1 Å². The van der Waals surface area contributed by atoms with Crippen LogP contribution in [0.15, 0.2) is 43.2 Å². The Morgan fingerprint density at radius 2 is 1.76 bits per heavy atom. The number of carbonyl (C=O) groups excluding carboxylic acids is 1. The molecule has 42 heavy (non-hydrogen) atoms. The topological polar surface area (TPSA) is 98.7 Å². The van der Waals surface area contributed by atoms with Crippen molar-refractivity contribution >= 4 is 27.8 Å². The van der Waals surface area contributed by atoms with E-state index in [1.54, 1.807) is 13.1 Å². The predicted octanol–water partition coefficient (Wildman–Crippen LogP) is 4.47. The van der Waals surface area contributed by atoms with E-state index < -0.39 is 10.0 Å². The van der Waals surface area contributed by atoms with E-state index in [0.29, 0.717) is 48.0 Å². The molecule has 1 saturated carbocycles. The van der Waals surface area contributed by atoms with Crippen LogP contribution in [0.25, 0.3) is 6.08 Å². The second kappa shape index (κ2) is 13.7. The fraction of sp³-hybridized carbons (Fsp3) is 0.594. The number of benzene rings is 1. The van der Waals surface area contributed by atoms with Gasteiger partial charge in [-0.15, -0.1) is 0 Å². The molecule has 0 spiro atoms. The van der Waals surface area contributed by atoms with Crippen LogP contribution in [0.3, 0.4) is 0 Å². The molecule has 1 amide bonds. The van der Waals surface area contributed by atoms with E-state index in [2.05, 4.69) is 57.1 Å². The fourth-order valence-corrected chi connectivity index (χ4v) is 7.87. The van der Waals surface area contributed by atoms with Crippen molar-refractivity contribution in [3.8, 4) is 0 Å². The quantitative estimate of drug-likeness (QED) is 0.458. The summed E-state index contributed by atoms with van der Waals surface area (Å²) in [5.41, 5.74) is 2.52. The molecule has 1 aromatic heterocycles. The minimum Gasteiger partial charge on any atom is -0.369 e. The van der Waals surface area contributed by atoms with Crippen LogP contribution in [0.2, 0.25) is 0 Å². The standard InChI is InChI=1S/C32H46N6O3S/c1-4-29-30(34-23-35-31(29)33-22-24-9-8-12-26(21-24)25-10-6-5-7-11-25)32(39)38-19-15-28(16-20-38)37-17-13-27(14-18-37)36(2)42(3,40)41/h4-7,10-11,23-24,26-28H,1,8-9,12-22H2,2-3H3,(H,33,34,35)/t24-,26+/m0/s1. The third-order valence-electron chi connectivity index (χ3n) is 9.71. The molecule has 1 aliphatic carbocycles. The van der Waals surface area contributed by atoms with Gasteiger partial charge in [0.05, 0.1) is 6.26 Å². The molecule has 9 nitrogen and oxygen atoms in total. The Labute approximate surface area is 251 Å². The molecule has 3 fully saturated rings. The van der Waals surface area contributed by atoms with E-state index in [-0.39, 0.29) is 11.9 Å². The molecule has 10 heteroatoms. The minimum atomic E-state index is -3.17. The zero-order valence-corrected chi connectivity index (χ0v) is 25.9. The SMILES string of the molecule is C=Cc1c(NC[C@H]2CCC[C@@H](c3ccccc3)C2)ncnc1C(=O)N1CCC(N2CCC(N(C)S(C)(=O)=O)CC2)CC1. The average Bonchev–Trinajstić information content (AvgIpc) is 3.03. The third kappa shape index (κ3) is 7.21.